The Labute approximate surface area is 219 Å². The van der Waals surface area contributed by atoms with Gasteiger partial charge in [0.15, 0.2) is 0 Å². The van der Waals surface area contributed by atoms with Gasteiger partial charge in [-0.15, -0.1) is 0 Å². The van der Waals surface area contributed by atoms with E-state index in [0.29, 0.717) is 29.9 Å². The van der Waals surface area contributed by atoms with Crippen molar-refractivity contribution in [1.82, 2.24) is 15.2 Å². The van der Waals surface area contributed by atoms with Gasteiger partial charge in [0.25, 0.3) is 0 Å². The highest BCUT2D eigenvalue weighted by atomic mass is 19.1. The molecule has 0 aliphatic carbocycles. The number of pyridine rings is 1. The second kappa shape index (κ2) is 8.82. The van der Waals surface area contributed by atoms with Gasteiger partial charge in [-0.25, -0.2) is 9.18 Å². The lowest BCUT2D eigenvalue weighted by Gasteiger charge is -2.43. The van der Waals surface area contributed by atoms with Crippen LogP contribution in [0.2, 0.25) is 0 Å². The number of halogens is 1. The number of carbonyl (C=O) groups is 1. The first-order valence-corrected chi connectivity index (χ1v) is 12.7. The van der Waals surface area contributed by atoms with Gasteiger partial charge < -0.3 is 25.3 Å². The molecule has 0 spiro atoms. The molecular weight excluding hydrogens is 487 g/mol. The van der Waals surface area contributed by atoms with Gasteiger partial charge in [0.2, 0.25) is 0 Å². The van der Waals surface area contributed by atoms with Crippen LogP contribution in [0.3, 0.4) is 0 Å². The molecule has 4 atom stereocenters. The number of hydrogen-bond acceptors (Lipinski definition) is 7. The molecule has 2 fully saturated rings. The number of piperazine rings is 1. The predicted octanol–water partition coefficient (Wildman–Crippen LogP) is 3.22. The van der Waals surface area contributed by atoms with Crippen LogP contribution < -0.4 is 15.1 Å². The Morgan fingerprint density at radius 2 is 2.03 bits per heavy atom. The minimum atomic E-state index is -1.31. The Morgan fingerprint density at radius 1 is 1.21 bits per heavy atom. The smallest absolute Gasteiger partial charge is 0.405 e. The molecule has 2 saturated heterocycles. The Balaban J connectivity index is 1.31. The van der Waals surface area contributed by atoms with Crippen molar-refractivity contribution in [2.24, 2.45) is 0 Å². The summed E-state index contributed by atoms with van der Waals surface area (Å²) in [5.74, 6) is -0.379. The number of aromatic nitrogens is 1. The molecule has 9 nitrogen and oxygen atoms in total. The van der Waals surface area contributed by atoms with Gasteiger partial charge in [-0.05, 0) is 61.4 Å². The minimum Gasteiger partial charge on any atom is -0.465 e. The molecule has 1 amide bonds. The third-order valence-corrected chi connectivity index (χ3v) is 8.28. The Bertz CT molecular complexity index is 1490. The lowest BCUT2D eigenvalue weighted by molar-refractivity contribution is 0.0542. The third kappa shape index (κ3) is 3.90. The second-order valence-electron chi connectivity index (χ2n) is 10.8. The highest BCUT2D eigenvalue weighted by Crippen LogP contribution is 2.43. The van der Waals surface area contributed by atoms with E-state index in [-0.39, 0.29) is 31.0 Å². The van der Waals surface area contributed by atoms with E-state index >= 15 is 4.39 Å². The number of carboxylic acid groups (broad SMARTS) is 1. The van der Waals surface area contributed by atoms with E-state index in [0.717, 1.165) is 28.7 Å². The summed E-state index contributed by atoms with van der Waals surface area (Å²) in [5.41, 5.74) is 3.30. The molecule has 196 valence electrons. The highest BCUT2D eigenvalue weighted by molar-refractivity contribution is 5.95. The van der Waals surface area contributed by atoms with Gasteiger partial charge in [0.05, 0.1) is 28.9 Å². The summed E-state index contributed by atoms with van der Waals surface area (Å²) in [6.07, 6.45) is 0.480. The number of aliphatic hydroxyl groups is 1. The fraction of sp³-hybridized carbons (Fsp3) is 0.393. The van der Waals surface area contributed by atoms with Gasteiger partial charge >= 0.3 is 6.09 Å². The third-order valence-electron chi connectivity index (χ3n) is 8.28. The maximum absolute atomic E-state index is 15.6. The number of fused-ring (bicyclic) bond motifs is 4. The zero-order chi connectivity index (χ0) is 26.8. The van der Waals surface area contributed by atoms with Crippen LogP contribution in [0, 0.1) is 17.1 Å². The highest BCUT2D eigenvalue weighted by Gasteiger charge is 2.45. The number of anilines is 2. The van der Waals surface area contributed by atoms with E-state index in [9.17, 15) is 15.2 Å². The van der Waals surface area contributed by atoms with Crippen molar-refractivity contribution in [1.29, 1.82) is 5.26 Å². The van der Waals surface area contributed by atoms with E-state index in [2.05, 4.69) is 33.1 Å². The molecule has 4 heterocycles. The fourth-order valence-electron chi connectivity index (χ4n) is 6.40. The molecule has 10 heteroatoms. The second-order valence-corrected chi connectivity index (χ2v) is 10.8. The van der Waals surface area contributed by atoms with Crippen molar-refractivity contribution in [3.8, 4) is 6.07 Å². The van der Waals surface area contributed by atoms with Crippen molar-refractivity contribution >= 4 is 28.4 Å². The number of β-amino-alcohol motifs (C(OH)–C–C–N with tert-alkyl or cyclic N) is 1. The first-order valence-electron chi connectivity index (χ1n) is 12.7. The van der Waals surface area contributed by atoms with Gasteiger partial charge in [-0.1, -0.05) is 0 Å². The van der Waals surface area contributed by atoms with Gasteiger partial charge in [-0.3, -0.25) is 9.88 Å². The molecule has 3 aromatic rings. The van der Waals surface area contributed by atoms with Crippen molar-refractivity contribution in [2.75, 3.05) is 36.0 Å². The number of amides is 1. The first-order chi connectivity index (χ1) is 18.2. The minimum absolute atomic E-state index is 0.00257. The fourth-order valence-corrected chi connectivity index (χ4v) is 6.40. The quantitative estimate of drug-likeness (QED) is 0.486. The van der Waals surface area contributed by atoms with E-state index in [1.54, 1.807) is 24.1 Å². The molecule has 3 N–H and O–H groups in total. The summed E-state index contributed by atoms with van der Waals surface area (Å²) in [6.45, 7) is 6.21. The molecule has 6 rings (SSSR count). The molecule has 3 aliphatic heterocycles. The van der Waals surface area contributed by atoms with Crippen LogP contribution in [0.4, 0.5) is 20.6 Å². The summed E-state index contributed by atoms with van der Waals surface area (Å²) >= 11 is 0. The number of benzene rings is 2. The van der Waals surface area contributed by atoms with Crippen LogP contribution in [-0.4, -0.2) is 70.1 Å². The summed E-state index contributed by atoms with van der Waals surface area (Å²) in [5, 5.41) is 32.7. The molecule has 0 radical (unpaired) electrons. The van der Waals surface area contributed by atoms with E-state index in [4.69, 9.17) is 5.11 Å². The number of nitrogens with one attached hydrogen (secondary N) is 1. The molecule has 38 heavy (non-hydrogen) atoms. The maximum Gasteiger partial charge on any atom is 0.405 e. The molecule has 2 aromatic carbocycles. The van der Waals surface area contributed by atoms with Crippen molar-refractivity contribution in [3.05, 3.63) is 65.1 Å². The zero-order valence-electron chi connectivity index (χ0n) is 21.2. The zero-order valence-corrected chi connectivity index (χ0v) is 21.2. The number of rotatable bonds is 3. The first kappa shape index (κ1) is 24.4. The van der Waals surface area contributed by atoms with Crippen LogP contribution in [0.5, 0.6) is 0 Å². The van der Waals surface area contributed by atoms with Crippen LogP contribution >= 0.6 is 0 Å². The van der Waals surface area contributed by atoms with Gasteiger partial charge in [0, 0.05) is 56.0 Å². The normalized spacial score (nSPS) is 26.8. The number of hydrogen-bond donors (Lipinski definition) is 3. The Morgan fingerprint density at radius 3 is 2.79 bits per heavy atom. The SMILES string of the molecule is C[C@@H]1CN(c2ccc(C#N)c3ncccc23)C[C@@H]2c3cc(F)c(N4C[C@@H](NC(=O)O)[C@](C)(O)C4)cc3CN12. The van der Waals surface area contributed by atoms with E-state index in [1.807, 2.05) is 30.3 Å². The molecule has 0 saturated carbocycles. The van der Waals surface area contributed by atoms with Crippen LogP contribution in [0.15, 0.2) is 42.6 Å². The molecule has 0 bridgehead atoms. The van der Waals surface area contributed by atoms with Gasteiger partial charge in [-0.2, -0.15) is 5.26 Å². The number of nitriles is 1. The average molecular weight is 517 g/mol. The largest absolute Gasteiger partial charge is 0.465 e. The summed E-state index contributed by atoms with van der Waals surface area (Å²) in [7, 11) is 0. The van der Waals surface area contributed by atoms with Crippen LogP contribution in [0.25, 0.3) is 10.9 Å². The van der Waals surface area contributed by atoms with Crippen LogP contribution in [-0.2, 0) is 6.54 Å². The van der Waals surface area contributed by atoms with E-state index < -0.39 is 17.7 Å². The van der Waals surface area contributed by atoms with Gasteiger partial charge in [0.1, 0.15) is 17.5 Å². The van der Waals surface area contributed by atoms with E-state index in [1.165, 1.54) is 0 Å². The van der Waals surface area contributed by atoms with Crippen molar-refractivity contribution < 1.29 is 19.4 Å². The Kier molecular flexibility index (Phi) is 5.67. The van der Waals surface area contributed by atoms with Crippen molar-refractivity contribution in [2.45, 2.75) is 44.1 Å². The lowest BCUT2D eigenvalue weighted by atomic mass is 9.99. The van der Waals surface area contributed by atoms with Crippen molar-refractivity contribution in [3.63, 3.8) is 0 Å². The lowest BCUT2D eigenvalue weighted by Crippen LogP contribution is -2.51. The molecule has 3 aliphatic rings. The predicted molar refractivity (Wildman–Crippen MR) is 141 cm³/mol. The molecule has 0 unspecified atom stereocenters. The topological polar surface area (TPSA) is 116 Å². The summed E-state index contributed by atoms with van der Waals surface area (Å²) in [6, 6.07) is 12.8. The molecule has 1 aromatic heterocycles. The number of nitrogens with zero attached hydrogens (tertiary/aromatic N) is 5. The Hall–Kier alpha value is -3.94. The average Bonchev–Trinajstić information content (AvgIpc) is 3.38. The maximum atomic E-state index is 15.6. The molecular formula is C28H29FN6O3. The summed E-state index contributed by atoms with van der Waals surface area (Å²) < 4.78 is 15.6. The standard InChI is InChI=1S/C28H29FN6O3/c1-16-11-33(22-6-5-17(10-30)26-19(22)4-3-7-31-26)13-24-20-9-21(29)23(8-18(20)12-35(16)24)34-14-25(32-27(36)37)28(2,38)15-34/h3-9,16,24-25,32,38H,11-15H2,1-2H3,(H,36,37)/t16-,24-,25-,28-/m1/s1. The monoisotopic (exact) mass is 516 g/mol. The summed E-state index contributed by atoms with van der Waals surface area (Å²) in [4.78, 5) is 22.0. The van der Waals surface area contributed by atoms with Crippen LogP contribution in [0.1, 0.15) is 36.6 Å².